The number of aromatic nitrogens is 2. The molecule has 1 unspecified atom stereocenters. The van der Waals surface area contributed by atoms with E-state index in [1.807, 2.05) is 26.0 Å². The Morgan fingerprint density at radius 1 is 0.906 bits per heavy atom. The Morgan fingerprint density at radius 2 is 1.50 bits per heavy atom. The third kappa shape index (κ3) is 6.12. The Kier molecular flexibility index (Phi) is 7.22. The number of hydrogen-bond donors (Lipinski definition) is 2. The van der Waals surface area contributed by atoms with Gasteiger partial charge in [0, 0.05) is 17.6 Å². The number of benzene rings is 2. The maximum Gasteiger partial charge on any atom is 0.421 e. The van der Waals surface area contributed by atoms with Gasteiger partial charge in [-0.2, -0.15) is 18.2 Å². The van der Waals surface area contributed by atoms with Crippen LogP contribution < -0.4 is 15.4 Å². The average Bonchev–Trinajstić information content (AvgIpc) is 2.75. The van der Waals surface area contributed by atoms with Gasteiger partial charge in [-0.15, -0.1) is 0 Å². The van der Waals surface area contributed by atoms with Gasteiger partial charge in [0.2, 0.25) is 5.95 Å². The standard InChI is InChI=1S/C24H27F3N4O/c1-5-16(4)32-20-12-10-19(11-13-20)30-23-28-14-21(24(25,26)27)22(31-23)29-18-8-6-17(7-9-18)15(2)3/h6-16H,5H2,1-4H3,(H2,28,29,30,31). The van der Waals surface area contributed by atoms with E-state index in [-0.39, 0.29) is 17.9 Å². The summed E-state index contributed by atoms with van der Waals surface area (Å²) in [6, 6.07) is 14.3. The molecule has 0 saturated carbocycles. The summed E-state index contributed by atoms with van der Waals surface area (Å²) < 4.78 is 46.2. The third-order valence-electron chi connectivity index (χ3n) is 4.96. The van der Waals surface area contributed by atoms with Crippen LogP contribution in [0.2, 0.25) is 0 Å². The van der Waals surface area contributed by atoms with Crippen molar-refractivity contribution < 1.29 is 17.9 Å². The molecule has 3 aromatic rings. The molecule has 32 heavy (non-hydrogen) atoms. The summed E-state index contributed by atoms with van der Waals surface area (Å²) in [5.74, 6) is 0.774. The fourth-order valence-electron chi connectivity index (χ4n) is 2.89. The minimum Gasteiger partial charge on any atom is -0.491 e. The molecule has 3 rings (SSSR count). The molecule has 0 radical (unpaired) electrons. The Hall–Kier alpha value is -3.29. The molecule has 0 aliphatic heterocycles. The molecule has 0 saturated heterocycles. The van der Waals surface area contributed by atoms with Crippen LogP contribution in [0.3, 0.4) is 0 Å². The van der Waals surface area contributed by atoms with E-state index in [0.29, 0.717) is 23.0 Å². The maximum atomic E-state index is 13.5. The van der Waals surface area contributed by atoms with Crippen molar-refractivity contribution in [1.82, 2.24) is 9.97 Å². The molecule has 0 amide bonds. The number of rotatable bonds is 8. The topological polar surface area (TPSA) is 59.1 Å². The van der Waals surface area contributed by atoms with E-state index >= 15 is 0 Å². The predicted molar refractivity (Wildman–Crippen MR) is 121 cm³/mol. The molecule has 0 bridgehead atoms. The second kappa shape index (κ2) is 9.89. The van der Waals surface area contributed by atoms with Gasteiger partial charge in [-0.1, -0.05) is 32.9 Å². The van der Waals surface area contributed by atoms with Gasteiger partial charge in [0.1, 0.15) is 17.1 Å². The minimum absolute atomic E-state index is 0.0508. The van der Waals surface area contributed by atoms with Gasteiger partial charge in [-0.05, 0) is 61.2 Å². The lowest BCUT2D eigenvalue weighted by Gasteiger charge is -2.16. The second-order valence-corrected chi connectivity index (χ2v) is 7.84. The van der Waals surface area contributed by atoms with Gasteiger partial charge in [0.25, 0.3) is 0 Å². The predicted octanol–water partition coefficient (Wildman–Crippen LogP) is 7.28. The van der Waals surface area contributed by atoms with Crippen molar-refractivity contribution in [2.24, 2.45) is 0 Å². The average molecular weight is 445 g/mol. The highest BCUT2D eigenvalue weighted by Gasteiger charge is 2.35. The van der Waals surface area contributed by atoms with E-state index in [2.05, 4.69) is 34.4 Å². The molecular formula is C24H27F3N4O. The molecule has 2 N–H and O–H groups in total. The van der Waals surface area contributed by atoms with Crippen LogP contribution >= 0.6 is 0 Å². The smallest absolute Gasteiger partial charge is 0.421 e. The lowest BCUT2D eigenvalue weighted by atomic mass is 10.0. The Labute approximate surface area is 186 Å². The first kappa shape index (κ1) is 23.4. The first-order chi connectivity index (χ1) is 15.2. The van der Waals surface area contributed by atoms with Crippen molar-refractivity contribution >= 4 is 23.1 Å². The summed E-state index contributed by atoms with van der Waals surface area (Å²) in [6.45, 7) is 8.12. The monoisotopic (exact) mass is 444 g/mol. The van der Waals surface area contributed by atoms with Crippen LogP contribution in [-0.4, -0.2) is 16.1 Å². The van der Waals surface area contributed by atoms with Gasteiger partial charge < -0.3 is 15.4 Å². The zero-order valence-corrected chi connectivity index (χ0v) is 18.5. The first-order valence-electron chi connectivity index (χ1n) is 10.5. The van der Waals surface area contributed by atoms with E-state index < -0.39 is 11.7 Å². The summed E-state index contributed by atoms with van der Waals surface area (Å²) in [4.78, 5) is 7.94. The Balaban J connectivity index is 1.82. The summed E-state index contributed by atoms with van der Waals surface area (Å²) in [7, 11) is 0. The summed E-state index contributed by atoms with van der Waals surface area (Å²) in [5.41, 5.74) is 1.30. The van der Waals surface area contributed by atoms with Crippen LogP contribution in [0.15, 0.2) is 54.7 Å². The molecule has 1 atom stereocenters. The maximum absolute atomic E-state index is 13.5. The van der Waals surface area contributed by atoms with Crippen molar-refractivity contribution in [3.05, 3.63) is 65.9 Å². The van der Waals surface area contributed by atoms with Gasteiger partial charge in [0.15, 0.2) is 0 Å². The number of alkyl halides is 3. The fourth-order valence-corrected chi connectivity index (χ4v) is 2.89. The molecule has 0 fully saturated rings. The van der Waals surface area contributed by atoms with Gasteiger partial charge in [0.05, 0.1) is 6.10 Å². The summed E-state index contributed by atoms with van der Waals surface area (Å²) >= 11 is 0. The van der Waals surface area contributed by atoms with E-state index in [0.717, 1.165) is 18.2 Å². The molecule has 8 heteroatoms. The molecule has 170 valence electrons. The van der Waals surface area contributed by atoms with Crippen molar-refractivity contribution in [2.75, 3.05) is 10.6 Å². The summed E-state index contributed by atoms with van der Waals surface area (Å²) in [6.07, 6.45) is -2.83. The van der Waals surface area contributed by atoms with Crippen LogP contribution in [0.4, 0.5) is 36.3 Å². The number of ether oxygens (including phenoxy) is 1. The highest BCUT2D eigenvalue weighted by molar-refractivity contribution is 5.63. The van der Waals surface area contributed by atoms with E-state index in [1.54, 1.807) is 36.4 Å². The number of anilines is 4. The van der Waals surface area contributed by atoms with Crippen molar-refractivity contribution in [3.63, 3.8) is 0 Å². The van der Waals surface area contributed by atoms with Gasteiger partial charge in [-0.3, -0.25) is 0 Å². The molecule has 0 aliphatic carbocycles. The molecule has 5 nitrogen and oxygen atoms in total. The molecule has 1 heterocycles. The van der Waals surface area contributed by atoms with Crippen LogP contribution in [0.5, 0.6) is 5.75 Å². The van der Waals surface area contributed by atoms with Crippen LogP contribution in [0.25, 0.3) is 0 Å². The van der Waals surface area contributed by atoms with Crippen molar-refractivity contribution in [3.8, 4) is 5.75 Å². The zero-order chi connectivity index (χ0) is 23.3. The number of nitrogens with one attached hydrogen (secondary N) is 2. The molecule has 1 aromatic heterocycles. The van der Waals surface area contributed by atoms with Gasteiger partial charge in [-0.25, -0.2) is 4.98 Å². The first-order valence-corrected chi connectivity index (χ1v) is 10.5. The van der Waals surface area contributed by atoms with Gasteiger partial charge >= 0.3 is 6.18 Å². The molecule has 2 aromatic carbocycles. The zero-order valence-electron chi connectivity index (χ0n) is 18.5. The summed E-state index contributed by atoms with van der Waals surface area (Å²) in [5, 5.41) is 5.72. The normalized spacial score (nSPS) is 12.5. The second-order valence-electron chi connectivity index (χ2n) is 7.84. The van der Waals surface area contributed by atoms with Crippen LogP contribution in [-0.2, 0) is 6.18 Å². The fraction of sp³-hybridized carbons (Fsp3) is 0.333. The molecule has 0 spiro atoms. The highest BCUT2D eigenvalue weighted by Crippen LogP contribution is 2.35. The van der Waals surface area contributed by atoms with Crippen molar-refractivity contribution in [2.45, 2.75) is 52.3 Å². The van der Waals surface area contributed by atoms with E-state index in [9.17, 15) is 13.2 Å². The third-order valence-corrected chi connectivity index (χ3v) is 4.96. The number of hydrogen-bond acceptors (Lipinski definition) is 5. The Morgan fingerprint density at radius 3 is 2.06 bits per heavy atom. The van der Waals surface area contributed by atoms with Crippen LogP contribution in [0.1, 0.15) is 51.2 Å². The number of nitrogens with zero attached hydrogens (tertiary/aromatic N) is 2. The van der Waals surface area contributed by atoms with E-state index in [1.165, 1.54) is 0 Å². The molecular weight excluding hydrogens is 417 g/mol. The lowest BCUT2D eigenvalue weighted by molar-refractivity contribution is -0.137. The highest BCUT2D eigenvalue weighted by atomic mass is 19.4. The minimum atomic E-state index is -4.59. The van der Waals surface area contributed by atoms with Crippen molar-refractivity contribution in [1.29, 1.82) is 0 Å². The quantitative estimate of drug-likeness (QED) is 0.382. The van der Waals surface area contributed by atoms with Crippen LogP contribution in [0, 0.1) is 0 Å². The van der Waals surface area contributed by atoms with E-state index in [4.69, 9.17) is 4.74 Å². The number of halogens is 3. The SMILES string of the molecule is CCC(C)Oc1ccc(Nc2ncc(C(F)(F)F)c(Nc3ccc(C(C)C)cc3)n2)cc1. The Bertz CT molecular complexity index is 1020. The molecule has 0 aliphatic rings. The largest absolute Gasteiger partial charge is 0.491 e. The lowest BCUT2D eigenvalue weighted by Crippen LogP contribution is -2.12.